The first-order valence-corrected chi connectivity index (χ1v) is 7.24. The molecule has 3 nitrogen and oxygen atoms in total. The van der Waals surface area contributed by atoms with Crippen molar-refractivity contribution in [3.8, 4) is 0 Å². The monoisotopic (exact) mass is 241 g/mol. The Bertz CT molecular complexity index is 278. The molecule has 0 aromatic heterocycles. The van der Waals surface area contributed by atoms with E-state index in [1.165, 1.54) is 19.3 Å². The molecule has 0 saturated carbocycles. The number of thioether (sulfide) groups is 1. The summed E-state index contributed by atoms with van der Waals surface area (Å²) in [6.07, 6.45) is 3.93. The lowest BCUT2D eigenvalue weighted by Crippen LogP contribution is -2.53. The molecule has 1 fully saturated rings. The van der Waals surface area contributed by atoms with Crippen LogP contribution in [0, 0.1) is 0 Å². The quantitative estimate of drug-likeness (QED) is 0.765. The summed E-state index contributed by atoms with van der Waals surface area (Å²) >= 11 is 1.84. The first-order chi connectivity index (χ1) is 7.48. The highest BCUT2D eigenvalue weighted by atomic mass is 32.2. The van der Waals surface area contributed by atoms with Crippen molar-refractivity contribution >= 4 is 16.9 Å². The lowest BCUT2D eigenvalue weighted by Gasteiger charge is -2.39. The van der Waals surface area contributed by atoms with E-state index < -0.39 is 0 Å². The van der Waals surface area contributed by atoms with Crippen molar-refractivity contribution < 1.29 is 0 Å². The molecule has 2 rings (SSSR count). The van der Waals surface area contributed by atoms with Crippen LogP contribution in [0.5, 0.6) is 0 Å². The molecule has 0 amide bonds. The standard InChI is InChI=1S/C12H23N3S/c1-9-6-5-7-10(2)15(9)14-11-13-12(3,4)8-16-11/h9-10H,5-8H2,1-4H3,(H,13,14). The molecule has 2 heterocycles. The molecule has 1 N–H and O–H groups in total. The molecule has 0 spiro atoms. The molecule has 2 aliphatic rings. The summed E-state index contributed by atoms with van der Waals surface area (Å²) < 4.78 is 0. The van der Waals surface area contributed by atoms with E-state index in [4.69, 9.17) is 4.99 Å². The van der Waals surface area contributed by atoms with Crippen LogP contribution < -0.4 is 5.43 Å². The summed E-state index contributed by atoms with van der Waals surface area (Å²) in [4.78, 5) is 4.71. The van der Waals surface area contributed by atoms with Gasteiger partial charge in [0.1, 0.15) is 0 Å². The number of rotatable bonds is 1. The Morgan fingerprint density at radius 3 is 2.44 bits per heavy atom. The number of amidine groups is 1. The van der Waals surface area contributed by atoms with Gasteiger partial charge in [-0.1, -0.05) is 18.2 Å². The number of aliphatic imine (C=N–C) groups is 1. The van der Waals surface area contributed by atoms with Gasteiger partial charge < -0.3 is 0 Å². The van der Waals surface area contributed by atoms with Crippen LogP contribution in [0.4, 0.5) is 0 Å². The predicted molar refractivity (Wildman–Crippen MR) is 71.7 cm³/mol. The van der Waals surface area contributed by atoms with Crippen LogP contribution in [0.15, 0.2) is 4.99 Å². The highest BCUT2D eigenvalue weighted by Crippen LogP contribution is 2.27. The van der Waals surface area contributed by atoms with Crippen LogP contribution >= 0.6 is 11.8 Å². The molecule has 16 heavy (non-hydrogen) atoms. The number of hydrogen-bond acceptors (Lipinski definition) is 4. The Labute approximate surface area is 103 Å². The van der Waals surface area contributed by atoms with Gasteiger partial charge in [0.05, 0.1) is 5.54 Å². The molecular formula is C12H23N3S. The number of hydrogen-bond donors (Lipinski definition) is 1. The molecule has 1 saturated heterocycles. The Kier molecular flexibility index (Phi) is 3.50. The van der Waals surface area contributed by atoms with Crippen molar-refractivity contribution in [2.45, 2.75) is 64.6 Å². The SMILES string of the molecule is CC1CCCC(C)N1NC1=NC(C)(C)CS1. The van der Waals surface area contributed by atoms with Gasteiger partial charge >= 0.3 is 0 Å². The number of hydrazine groups is 1. The minimum Gasteiger partial charge on any atom is -0.297 e. The zero-order chi connectivity index (χ0) is 11.8. The van der Waals surface area contributed by atoms with Gasteiger partial charge in [0.2, 0.25) is 0 Å². The predicted octanol–water partition coefficient (Wildman–Crippen LogP) is 2.64. The minimum absolute atomic E-state index is 0.106. The van der Waals surface area contributed by atoms with E-state index in [1.54, 1.807) is 0 Å². The Hall–Kier alpha value is -0.220. The van der Waals surface area contributed by atoms with Crippen LogP contribution in [-0.4, -0.2) is 33.6 Å². The molecule has 2 aliphatic heterocycles. The Morgan fingerprint density at radius 1 is 1.31 bits per heavy atom. The van der Waals surface area contributed by atoms with Gasteiger partial charge in [-0.15, -0.1) is 0 Å². The van der Waals surface area contributed by atoms with Crippen molar-refractivity contribution in [2.75, 3.05) is 5.75 Å². The van der Waals surface area contributed by atoms with Crippen LogP contribution in [-0.2, 0) is 0 Å². The van der Waals surface area contributed by atoms with E-state index in [-0.39, 0.29) is 5.54 Å². The second-order valence-electron chi connectivity index (χ2n) is 5.67. The summed E-state index contributed by atoms with van der Waals surface area (Å²) in [7, 11) is 0. The fourth-order valence-electron chi connectivity index (χ4n) is 2.39. The maximum atomic E-state index is 4.71. The average molecular weight is 241 g/mol. The van der Waals surface area contributed by atoms with E-state index in [9.17, 15) is 0 Å². The van der Waals surface area contributed by atoms with E-state index in [2.05, 4.69) is 38.1 Å². The molecule has 0 aromatic carbocycles. The van der Waals surface area contributed by atoms with Crippen LogP contribution in [0.3, 0.4) is 0 Å². The molecule has 0 aliphatic carbocycles. The van der Waals surface area contributed by atoms with Crippen molar-refractivity contribution in [2.24, 2.45) is 4.99 Å². The van der Waals surface area contributed by atoms with Gasteiger partial charge in [0.25, 0.3) is 0 Å². The lowest BCUT2D eigenvalue weighted by atomic mass is 10.00. The normalized spacial score (nSPS) is 34.9. The van der Waals surface area contributed by atoms with Crippen molar-refractivity contribution in [1.82, 2.24) is 10.4 Å². The Morgan fingerprint density at radius 2 is 1.94 bits per heavy atom. The highest BCUT2D eigenvalue weighted by molar-refractivity contribution is 8.14. The maximum absolute atomic E-state index is 4.71. The first kappa shape index (κ1) is 12.2. The summed E-state index contributed by atoms with van der Waals surface area (Å²) in [5, 5.41) is 3.49. The van der Waals surface area contributed by atoms with Crippen molar-refractivity contribution in [1.29, 1.82) is 0 Å². The molecule has 0 bridgehead atoms. The van der Waals surface area contributed by atoms with E-state index in [0.29, 0.717) is 12.1 Å². The van der Waals surface area contributed by atoms with Gasteiger partial charge in [-0.25, -0.2) is 5.01 Å². The topological polar surface area (TPSA) is 27.6 Å². The lowest BCUT2D eigenvalue weighted by molar-refractivity contribution is 0.0752. The van der Waals surface area contributed by atoms with Gasteiger partial charge in [-0.2, -0.15) is 0 Å². The third-order valence-electron chi connectivity index (χ3n) is 3.38. The number of piperidine rings is 1. The fourth-order valence-corrected chi connectivity index (χ4v) is 3.43. The summed E-state index contributed by atoms with van der Waals surface area (Å²) in [6.45, 7) is 8.98. The third kappa shape index (κ3) is 2.72. The van der Waals surface area contributed by atoms with Gasteiger partial charge in [-0.3, -0.25) is 10.4 Å². The largest absolute Gasteiger partial charge is 0.297 e. The summed E-state index contributed by atoms with van der Waals surface area (Å²) in [5.74, 6) is 1.09. The van der Waals surface area contributed by atoms with E-state index in [1.807, 2.05) is 11.8 Å². The maximum Gasteiger partial charge on any atom is 0.171 e. The van der Waals surface area contributed by atoms with Gasteiger partial charge in [0.15, 0.2) is 5.17 Å². The van der Waals surface area contributed by atoms with Crippen LogP contribution in [0.2, 0.25) is 0 Å². The number of nitrogens with one attached hydrogen (secondary N) is 1. The smallest absolute Gasteiger partial charge is 0.171 e. The van der Waals surface area contributed by atoms with Crippen molar-refractivity contribution in [3.63, 3.8) is 0 Å². The molecule has 2 unspecified atom stereocenters. The van der Waals surface area contributed by atoms with Gasteiger partial charge in [-0.05, 0) is 40.5 Å². The summed E-state index contributed by atoms with van der Waals surface area (Å²) in [6, 6.07) is 1.24. The van der Waals surface area contributed by atoms with E-state index >= 15 is 0 Å². The second kappa shape index (κ2) is 4.57. The van der Waals surface area contributed by atoms with E-state index in [0.717, 1.165) is 10.9 Å². The first-order valence-electron chi connectivity index (χ1n) is 6.25. The van der Waals surface area contributed by atoms with Gasteiger partial charge in [0, 0.05) is 17.8 Å². The van der Waals surface area contributed by atoms with Crippen molar-refractivity contribution in [3.05, 3.63) is 0 Å². The molecule has 0 radical (unpaired) electrons. The molecule has 0 aromatic rings. The van der Waals surface area contributed by atoms with Crippen LogP contribution in [0.1, 0.15) is 47.0 Å². The fraction of sp³-hybridized carbons (Fsp3) is 0.917. The average Bonchev–Trinajstić information content (AvgIpc) is 2.52. The third-order valence-corrected chi connectivity index (χ3v) is 4.69. The number of nitrogens with zero attached hydrogens (tertiary/aromatic N) is 2. The molecule has 92 valence electrons. The Balaban J connectivity index is 1.98. The highest BCUT2D eigenvalue weighted by Gasteiger charge is 2.30. The molecular weight excluding hydrogens is 218 g/mol. The second-order valence-corrected chi connectivity index (χ2v) is 6.63. The molecule has 2 atom stereocenters. The van der Waals surface area contributed by atoms with Crippen LogP contribution in [0.25, 0.3) is 0 Å². The zero-order valence-electron chi connectivity index (χ0n) is 10.8. The summed E-state index contributed by atoms with van der Waals surface area (Å²) in [5.41, 5.74) is 3.63. The zero-order valence-corrected chi connectivity index (χ0v) is 11.6. The minimum atomic E-state index is 0.106. The molecule has 4 heteroatoms.